The van der Waals surface area contributed by atoms with Gasteiger partial charge in [0.15, 0.2) is 0 Å². The molecule has 196 valence electrons. The van der Waals surface area contributed by atoms with Crippen LogP contribution >= 0.6 is 19.1 Å². The van der Waals surface area contributed by atoms with Crippen molar-refractivity contribution in [2.75, 3.05) is 13.3 Å². The first-order valence-corrected chi connectivity index (χ1v) is 14.4. The highest BCUT2D eigenvalue weighted by Gasteiger charge is 2.31. The standard InChI is InChI=1S/C27H32N3O5PS/c1-4-15-36(33)18-19(2)24(30-35-22-8-6-5-7-9-22)25(31)29-23(27(32)34-3)17-20-10-12-21(13-11-20)26-28-14-16-37-26/h5-14,16,18-19,23-24,30H,4,15,17H2,1-3H3,(H,29,31)/t19?,23-,24-/m0/s1. The normalized spacial score (nSPS) is 13.9. The van der Waals surface area contributed by atoms with Crippen LogP contribution in [0.15, 0.2) is 66.2 Å². The van der Waals surface area contributed by atoms with Gasteiger partial charge in [-0.3, -0.25) is 4.79 Å². The van der Waals surface area contributed by atoms with Crippen LogP contribution in [-0.2, 0) is 20.7 Å². The number of nitrogens with zero attached hydrogens (tertiary/aromatic N) is 1. The highest BCUT2D eigenvalue weighted by Crippen LogP contribution is 2.22. The molecule has 1 heterocycles. The predicted molar refractivity (Wildman–Crippen MR) is 147 cm³/mol. The number of nitrogens with one attached hydrogen (secondary N) is 2. The molecule has 2 N–H and O–H groups in total. The van der Waals surface area contributed by atoms with Crippen LogP contribution < -0.4 is 20.5 Å². The van der Waals surface area contributed by atoms with Gasteiger partial charge in [-0.05, 0) is 24.1 Å². The fourth-order valence-corrected chi connectivity index (χ4v) is 5.58. The van der Waals surface area contributed by atoms with Crippen molar-refractivity contribution in [1.82, 2.24) is 15.8 Å². The molecule has 0 fully saturated rings. The molecular formula is C27H32N3O5PS. The van der Waals surface area contributed by atoms with E-state index in [4.69, 9.17) is 9.57 Å². The van der Waals surface area contributed by atoms with Crippen LogP contribution in [0.3, 0.4) is 0 Å². The number of methoxy groups -OCH3 is 1. The average molecular weight is 542 g/mol. The van der Waals surface area contributed by atoms with Gasteiger partial charge < -0.3 is 19.8 Å². The van der Waals surface area contributed by atoms with Crippen molar-refractivity contribution in [2.45, 2.75) is 38.8 Å². The molecule has 3 aromatic rings. The van der Waals surface area contributed by atoms with Crippen molar-refractivity contribution in [3.63, 3.8) is 0 Å². The molecule has 37 heavy (non-hydrogen) atoms. The number of rotatable bonds is 13. The molecule has 0 saturated carbocycles. The van der Waals surface area contributed by atoms with Crippen LogP contribution in [0, 0.1) is 5.92 Å². The summed E-state index contributed by atoms with van der Waals surface area (Å²) in [7, 11) is -0.298. The molecule has 4 atom stereocenters. The Morgan fingerprint density at radius 1 is 1.16 bits per heavy atom. The molecule has 0 saturated heterocycles. The smallest absolute Gasteiger partial charge is 0.328 e. The van der Waals surface area contributed by atoms with Crippen molar-refractivity contribution in [3.05, 3.63) is 71.7 Å². The van der Waals surface area contributed by atoms with Crippen LogP contribution in [0.2, 0.25) is 0 Å². The van der Waals surface area contributed by atoms with Gasteiger partial charge in [-0.1, -0.05) is 56.3 Å². The Kier molecular flexibility index (Phi) is 11.2. The van der Waals surface area contributed by atoms with Gasteiger partial charge in [-0.15, -0.1) is 16.8 Å². The molecule has 0 aliphatic heterocycles. The quantitative estimate of drug-likeness (QED) is 0.193. The van der Waals surface area contributed by atoms with Gasteiger partial charge in [-0.25, -0.2) is 9.78 Å². The van der Waals surface area contributed by atoms with E-state index in [0.29, 0.717) is 11.9 Å². The molecule has 3 rings (SSSR count). The summed E-state index contributed by atoms with van der Waals surface area (Å²) in [5.41, 5.74) is 4.63. The monoisotopic (exact) mass is 541 g/mol. The topological polar surface area (TPSA) is 113 Å². The first-order valence-electron chi connectivity index (χ1n) is 12.0. The summed E-state index contributed by atoms with van der Waals surface area (Å²) in [5, 5.41) is 5.62. The maximum absolute atomic E-state index is 13.4. The van der Waals surface area contributed by atoms with Crippen molar-refractivity contribution in [3.8, 4) is 16.3 Å². The molecule has 1 amide bonds. The lowest BCUT2D eigenvalue weighted by atomic mass is 10.0. The number of carbonyl (C=O) groups is 2. The van der Waals surface area contributed by atoms with Gasteiger partial charge >= 0.3 is 5.97 Å². The minimum Gasteiger partial charge on any atom is -0.631 e. The van der Waals surface area contributed by atoms with Crippen LogP contribution in [0.4, 0.5) is 0 Å². The fourth-order valence-electron chi connectivity index (χ4n) is 3.65. The van der Waals surface area contributed by atoms with Gasteiger partial charge in [0.2, 0.25) is 5.91 Å². The van der Waals surface area contributed by atoms with Gasteiger partial charge in [0.25, 0.3) is 0 Å². The van der Waals surface area contributed by atoms with Crippen molar-refractivity contribution in [2.24, 2.45) is 5.92 Å². The lowest BCUT2D eigenvalue weighted by molar-refractivity contribution is -0.152. The summed E-state index contributed by atoms with van der Waals surface area (Å²) in [6.07, 6.45) is 3.30. The molecule has 0 radical (unpaired) electrons. The molecular weight excluding hydrogens is 509 g/mol. The molecule has 0 aliphatic carbocycles. The number of hydroxylamine groups is 1. The lowest BCUT2D eigenvalue weighted by Gasteiger charge is -2.24. The average Bonchev–Trinajstić information content (AvgIpc) is 3.44. The number of para-hydroxylation sites is 1. The number of esters is 1. The first-order chi connectivity index (χ1) is 17.9. The van der Waals surface area contributed by atoms with Gasteiger partial charge in [0.1, 0.15) is 29.0 Å². The second-order valence-electron chi connectivity index (χ2n) is 8.48. The number of carbonyl (C=O) groups excluding carboxylic acids is 2. The summed E-state index contributed by atoms with van der Waals surface area (Å²) in [6, 6.07) is 14.8. The van der Waals surface area contributed by atoms with Crippen molar-refractivity contribution in [1.29, 1.82) is 0 Å². The van der Waals surface area contributed by atoms with E-state index in [1.54, 1.807) is 42.4 Å². The Morgan fingerprint density at radius 2 is 1.89 bits per heavy atom. The molecule has 0 bridgehead atoms. The molecule has 10 heteroatoms. The number of hydrogen-bond donors (Lipinski definition) is 2. The van der Waals surface area contributed by atoms with Crippen LogP contribution in [-0.4, -0.2) is 48.0 Å². The highest BCUT2D eigenvalue weighted by atomic mass is 32.1. The minimum absolute atomic E-state index is 0.241. The lowest BCUT2D eigenvalue weighted by Crippen LogP contribution is -2.54. The molecule has 2 unspecified atom stereocenters. The highest BCUT2D eigenvalue weighted by molar-refractivity contribution is 7.49. The Labute approximate surface area is 222 Å². The Morgan fingerprint density at radius 3 is 2.51 bits per heavy atom. The van der Waals surface area contributed by atoms with E-state index >= 15 is 0 Å². The van der Waals surface area contributed by atoms with Gasteiger partial charge in [0.05, 0.1) is 12.9 Å². The van der Waals surface area contributed by atoms with E-state index in [1.165, 1.54) is 7.11 Å². The second-order valence-corrected chi connectivity index (χ2v) is 11.0. The predicted octanol–water partition coefficient (Wildman–Crippen LogP) is 3.57. The van der Waals surface area contributed by atoms with Gasteiger partial charge in [-0.2, -0.15) is 0 Å². The molecule has 0 spiro atoms. The Bertz CT molecular complexity index is 1160. The summed E-state index contributed by atoms with van der Waals surface area (Å²) in [4.78, 5) is 48.3. The third-order valence-electron chi connectivity index (χ3n) is 5.58. The Hall–Kier alpha value is -3.10. The number of amides is 1. The van der Waals surface area contributed by atoms with Gasteiger partial charge in [0, 0.05) is 37.3 Å². The molecule has 1 aromatic heterocycles. The number of benzene rings is 2. The van der Waals surface area contributed by atoms with E-state index in [1.807, 2.05) is 54.8 Å². The number of hydrogen-bond acceptors (Lipinski definition) is 8. The van der Waals surface area contributed by atoms with E-state index in [2.05, 4.69) is 15.8 Å². The zero-order chi connectivity index (χ0) is 26.6. The summed E-state index contributed by atoms with van der Waals surface area (Å²) >= 11 is 1.54. The first kappa shape index (κ1) is 28.5. The molecule has 0 aliphatic rings. The number of aromatic nitrogens is 1. The van der Waals surface area contributed by atoms with Crippen molar-refractivity contribution < 1.29 is 24.1 Å². The fraction of sp³-hybridized carbons (Fsp3) is 0.333. The Balaban J connectivity index is 1.75. The molecule has 2 aromatic carbocycles. The van der Waals surface area contributed by atoms with Crippen LogP contribution in [0.5, 0.6) is 5.75 Å². The minimum atomic E-state index is -1.58. The van der Waals surface area contributed by atoms with Crippen LogP contribution in [0.25, 0.3) is 10.6 Å². The zero-order valence-electron chi connectivity index (χ0n) is 21.1. The SMILES string of the molecule is CCC[P+]([O-])=CC(C)[C@H](NOc1ccccc1)C(=O)N[C@@H](Cc1ccc(-c2nccs2)cc1)C(=O)OC. The largest absolute Gasteiger partial charge is 0.631 e. The zero-order valence-corrected chi connectivity index (χ0v) is 22.8. The third kappa shape index (κ3) is 8.76. The summed E-state index contributed by atoms with van der Waals surface area (Å²) < 4.78 is 4.97. The number of thiazole rings is 1. The van der Waals surface area contributed by atoms with E-state index in [9.17, 15) is 14.5 Å². The summed E-state index contributed by atoms with van der Waals surface area (Å²) in [5.74, 6) is 0.725. The maximum atomic E-state index is 13.4. The van der Waals surface area contributed by atoms with E-state index < -0.39 is 37.7 Å². The third-order valence-corrected chi connectivity index (χ3v) is 8.09. The molecule has 8 nitrogen and oxygen atoms in total. The number of ether oxygens (including phenoxy) is 1. The van der Waals surface area contributed by atoms with Crippen molar-refractivity contribution >= 4 is 36.8 Å². The maximum Gasteiger partial charge on any atom is 0.328 e. The van der Waals surface area contributed by atoms with Crippen LogP contribution in [0.1, 0.15) is 25.8 Å². The van der Waals surface area contributed by atoms with E-state index in [0.717, 1.165) is 22.6 Å². The van der Waals surface area contributed by atoms with E-state index in [-0.39, 0.29) is 6.42 Å². The summed E-state index contributed by atoms with van der Waals surface area (Å²) in [6.45, 7) is 3.75. The second kappa shape index (κ2) is 14.6.